The standard InChI is InChI=1S/C17H24N6O2.2H2/c1-9(2)12-8-14(22-23-15(12)16(24)18-6)20-13-7-11(5)19-17(21-13)25-10(3)4;;/h7-10H,1-6H3,(H,18,24)(H,19,20,21,22);2*1H. The maximum absolute atomic E-state index is 11.9. The second-order valence-electron chi connectivity index (χ2n) is 6.24. The molecule has 0 bridgehead atoms. The zero-order chi connectivity index (χ0) is 18.6. The molecule has 8 nitrogen and oxygen atoms in total. The highest BCUT2D eigenvalue weighted by atomic mass is 16.5. The molecule has 2 rings (SSSR count). The number of nitrogens with zero attached hydrogens (tertiary/aromatic N) is 4. The minimum Gasteiger partial charge on any atom is -0.461 e. The van der Waals surface area contributed by atoms with E-state index in [1.54, 1.807) is 13.1 Å². The molecule has 2 N–H and O–H groups in total. The number of aromatic nitrogens is 4. The molecule has 8 heteroatoms. The van der Waals surface area contributed by atoms with Crippen molar-refractivity contribution in [3.8, 4) is 6.01 Å². The van der Waals surface area contributed by atoms with Crippen LogP contribution in [0.2, 0.25) is 0 Å². The van der Waals surface area contributed by atoms with Crippen molar-refractivity contribution in [3.63, 3.8) is 0 Å². The number of anilines is 2. The average Bonchev–Trinajstić information content (AvgIpc) is 2.52. The Morgan fingerprint density at radius 2 is 1.84 bits per heavy atom. The first-order chi connectivity index (χ1) is 11.8. The van der Waals surface area contributed by atoms with Crippen LogP contribution in [-0.4, -0.2) is 39.2 Å². The van der Waals surface area contributed by atoms with E-state index in [0.717, 1.165) is 11.3 Å². The van der Waals surface area contributed by atoms with Gasteiger partial charge in [0.25, 0.3) is 5.91 Å². The van der Waals surface area contributed by atoms with Gasteiger partial charge in [-0.15, -0.1) is 10.2 Å². The fourth-order valence-electron chi connectivity index (χ4n) is 2.20. The molecule has 1 amide bonds. The molecule has 0 aliphatic carbocycles. The Labute approximate surface area is 150 Å². The Hall–Kier alpha value is -2.77. The number of carbonyl (C=O) groups is 1. The van der Waals surface area contributed by atoms with Gasteiger partial charge in [0.1, 0.15) is 5.82 Å². The van der Waals surface area contributed by atoms with E-state index in [9.17, 15) is 4.79 Å². The van der Waals surface area contributed by atoms with Crippen LogP contribution in [0.3, 0.4) is 0 Å². The molecule has 0 atom stereocenters. The number of nitrogens with one attached hydrogen (secondary N) is 2. The van der Waals surface area contributed by atoms with Crippen LogP contribution in [0.5, 0.6) is 6.01 Å². The predicted octanol–water partition coefficient (Wildman–Crippen LogP) is 3.08. The summed E-state index contributed by atoms with van der Waals surface area (Å²) in [5.41, 5.74) is 1.90. The predicted molar refractivity (Wildman–Crippen MR) is 99.6 cm³/mol. The molecule has 0 fully saturated rings. The van der Waals surface area contributed by atoms with Crippen molar-refractivity contribution in [2.45, 2.75) is 46.6 Å². The van der Waals surface area contributed by atoms with Crippen molar-refractivity contribution in [2.75, 3.05) is 12.4 Å². The number of hydrogen-bond donors (Lipinski definition) is 2. The molecule has 138 valence electrons. The lowest BCUT2D eigenvalue weighted by Crippen LogP contribution is -2.22. The highest BCUT2D eigenvalue weighted by molar-refractivity contribution is 5.93. The average molecular weight is 348 g/mol. The zero-order valence-electron chi connectivity index (χ0n) is 15.4. The second kappa shape index (κ2) is 7.87. The summed E-state index contributed by atoms with van der Waals surface area (Å²) >= 11 is 0. The summed E-state index contributed by atoms with van der Waals surface area (Å²) in [4.78, 5) is 20.5. The van der Waals surface area contributed by atoms with E-state index in [2.05, 4.69) is 30.8 Å². The van der Waals surface area contributed by atoms with Gasteiger partial charge in [-0.05, 0) is 38.3 Å². The van der Waals surface area contributed by atoms with Crippen molar-refractivity contribution in [3.05, 3.63) is 29.1 Å². The van der Waals surface area contributed by atoms with Crippen LogP contribution >= 0.6 is 0 Å². The van der Waals surface area contributed by atoms with E-state index < -0.39 is 0 Å². The topological polar surface area (TPSA) is 102 Å². The molecule has 0 unspecified atom stereocenters. The highest BCUT2D eigenvalue weighted by Gasteiger charge is 2.17. The van der Waals surface area contributed by atoms with Crippen LogP contribution in [0, 0.1) is 6.92 Å². The van der Waals surface area contributed by atoms with Crippen LogP contribution in [0.4, 0.5) is 11.6 Å². The van der Waals surface area contributed by atoms with Gasteiger partial charge in [0.05, 0.1) is 6.10 Å². The molecular formula is C17H28N6O2. The summed E-state index contributed by atoms with van der Waals surface area (Å²) in [5, 5.41) is 13.8. The van der Waals surface area contributed by atoms with E-state index in [1.165, 1.54) is 0 Å². The van der Waals surface area contributed by atoms with Gasteiger partial charge in [0.15, 0.2) is 11.5 Å². The maximum Gasteiger partial charge on any atom is 0.318 e. The lowest BCUT2D eigenvalue weighted by Gasteiger charge is -2.13. The maximum atomic E-state index is 11.9. The van der Waals surface area contributed by atoms with Gasteiger partial charge in [-0.2, -0.15) is 4.98 Å². The molecule has 0 saturated carbocycles. The van der Waals surface area contributed by atoms with Gasteiger partial charge in [-0.25, -0.2) is 4.98 Å². The quantitative estimate of drug-likeness (QED) is 0.827. The monoisotopic (exact) mass is 348 g/mol. The Bertz CT molecular complexity index is 771. The number of ether oxygens (including phenoxy) is 1. The Morgan fingerprint density at radius 3 is 2.44 bits per heavy atom. The van der Waals surface area contributed by atoms with Gasteiger partial charge >= 0.3 is 6.01 Å². The third-order valence-corrected chi connectivity index (χ3v) is 3.32. The largest absolute Gasteiger partial charge is 0.461 e. The fourth-order valence-corrected chi connectivity index (χ4v) is 2.20. The van der Waals surface area contributed by atoms with Gasteiger partial charge in [0.2, 0.25) is 0 Å². The third kappa shape index (κ3) is 4.85. The third-order valence-electron chi connectivity index (χ3n) is 3.32. The number of rotatable bonds is 6. The molecule has 2 aromatic rings. The molecule has 0 saturated heterocycles. The van der Waals surface area contributed by atoms with Crippen molar-refractivity contribution >= 4 is 17.5 Å². The van der Waals surface area contributed by atoms with Crippen LogP contribution < -0.4 is 15.4 Å². The summed E-state index contributed by atoms with van der Waals surface area (Å²) < 4.78 is 5.55. The van der Waals surface area contributed by atoms with Crippen LogP contribution in [0.15, 0.2) is 12.1 Å². The van der Waals surface area contributed by atoms with Gasteiger partial charge in [0, 0.05) is 21.7 Å². The van der Waals surface area contributed by atoms with Crippen molar-refractivity contribution in [2.24, 2.45) is 0 Å². The first-order valence-corrected chi connectivity index (χ1v) is 8.19. The van der Waals surface area contributed by atoms with Gasteiger partial charge in [-0.1, -0.05) is 13.8 Å². The molecule has 0 aromatic carbocycles. The minimum atomic E-state index is -0.256. The number of carbonyl (C=O) groups excluding carboxylic acids is 1. The van der Waals surface area contributed by atoms with E-state index in [4.69, 9.17) is 4.74 Å². The van der Waals surface area contributed by atoms with Crippen LogP contribution in [0.1, 0.15) is 58.2 Å². The Kier molecular flexibility index (Phi) is 5.84. The number of hydrogen-bond acceptors (Lipinski definition) is 7. The highest BCUT2D eigenvalue weighted by Crippen LogP contribution is 2.22. The van der Waals surface area contributed by atoms with Gasteiger partial charge < -0.3 is 15.4 Å². The first kappa shape index (κ1) is 18.6. The molecule has 2 heterocycles. The Morgan fingerprint density at radius 1 is 1.12 bits per heavy atom. The first-order valence-electron chi connectivity index (χ1n) is 8.19. The van der Waals surface area contributed by atoms with E-state index >= 15 is 0 Å². The minimum absolute atomic E-state index is 0. The summed E-state index contributed by atoms with van der Waals surface area (Å²) in [5.74, 6) is 0.924. The lowest BCUT2D eigenvalue weighted by atomic mass is 10.0. The molecular weight excluding hydrogens is 320 g/mol. The molecule has 0 spiro atoms. The van der Waals surface area contributed by atoms with E-state index in [0.29, 0.717) is 23.3 Å². The van der Waals surface area contributed by atoms with Crippen molar-refractivity contribution in [1.82, 2.24) is 25.5 Å². The van der Waals surface area contributed by atoms with Crippen LogP contribution in [-0.2, 0) is 0 Å². The van der Waals surface area contributed by atoms with Crippen molar-refractivity contribution in [1.29, 1.82) is 0 Å². The Balaban J connectivity index is 0.00000338. The summed E-state index contributed by atoms with van der Waals surface area (Å²) in [7, 11) is 1.57. The van der Waals surface area contributed by atoms with Gasteiger partial charge in [-0.3, -0.25) is 4.79 Å². The summed E-state index contributed by atoms with van der Waals surface area (Å²) in [6.45, 7) is 9.68. The smallest absolute Gasteiger partial charge is 0.318 e. The number of amides is 1. The zero-order valence-corrected chi connectivity index (χ0v) is 15.4. The summed E-state index contributed by atoms with van der Waals surface area (Å²) in [6, 6.07) is 3.90. The number of aryl methyl sites for hydroxylation is 1. The molecule has 0 aliphatic rings. The van der Waals surface area contributed by atoms with Crippen LogP contribution in [0.25, 0.3) is 0 Å². The van der Waals surface area contributed by atoms with E-state index in [1.807, 2.05) is 40.7 Å². The SMILES string of the molecule is CNC(=O)c1nnc(Nc2cc(C)nc(OC(C)C)n2)cc1C(C)C.[HH].[HH]. The van der Waals surface area contributed by atoms with Crippen molar-refractivity contribution < 1.29 is 12.4 Å². The van der Waals surface area contributed by atoms with E-state index in [-0.39, 0.29) is 20.8 Å². The molecule has 2 aromatic heterocycles. The second-order valence-corrected chi connectivity index (χ2v) is 6.24. The summed E-state index contributed by atoms with van der Waals surface area (Å²) in [6.07, 6.45) is -0.0196. The molecule has 0 radical (unpaired) electrons. The fraction of sp³-hybridized carbons (Fsp3) is 0.471. The molecule has 25 heavy (non-hydrogen) atoms. The lowest BCUT2D eigenvalue weighted by molar-refractivity contribution is 0.0955. The molecule has 0 aliphatic heterocycles. The normalized spacial score (nSPS) is 10.9.